The Labute approximate surface area is 113 Å². The van der Waals surface area contributed by atoms with Gasteiger partial charge in [0, 0.05) is 13.0 Å². The Morgan fingerprint density at radius 1 is 1.21 bits per heavy atom. The maximum absolute atomic E-state index is 11.3. The summed E-state index contributed by atoms with van der Waals surface area (Å²) in [5.41, 5.74) is 6.77. The summed E-state index contributed by atoms with van der Waals surface area (Å²) in [6.07, 6.45) is 1.88. The van der Waals surface area contributed by atoms with Crippen molar-refractivity contribution in [2.75, 3.05) is 6.54 Å². The molecule has 0 fully saturated rings. The Kier molecular flexibility index (Phi) is 6.60. The number of hydrazine groups is 1. The highest BCUT2D eigenvalue weighted by molar-refractivity contribution is 5.83. The first kappa shape index (κ1) is 15.2. The second-order valence-electron chi connectivity index (χ2n) is 4.53. The molecule has 3 N–H and O–H groups in total. The third-order valence-electron chi connectivity index (χ3n) is 2.66. The Morgan fingerprint density at radius 2 is 1.89 bits per heavy atom. The highest BCUT2D eigenvalue weighted by Gasteiger charge is 2.05. The molecule has 5 heteroatoms. The van der Waals surface area contributed by atoms with E-state index in [4.69, 9.17) is 0 Å². The largest absolute Gasteiger partial charge is 0.347 e. The summed E-state index contributed by atoms with van der Waals surface area (Å²) < 4.78 is 0. The van der Waals surface area contributed by atoms with Gasteiger partial charge in [-0.05, 0) is 25.3 Å². The number of rotatable bonds is 7. The van der Waals surface area contributed by atoms with Gasteiger partial charge in [0.05, 0.1) is 6.54 Å². The molecule has 0 aliphatic rings. The SMILES string of the molecule is CC(=O)NCC(=O)NNC(C)CCc1ccccc1. The van der Waals surface area contributed by atoms with E-state index in [2.05, 4.69) is 28.3 Å². The lowest BCUT2D eigenvalue weighted by Crippen LogP contribution is -2.47. The van der Waals surface area contributed by atoms with Crippen LogP contribution in [0.2, 0.25) is 0 Å². The molecular formula is C14H21N3O2. The van der Waals surface area contributed by atoms with Gasteiger partial charge in [0.25, 0.3) is 5.91 Å². The van der Waals surface area contributed by atoms with Crippen LogP contribution < -0.4 is 16.2 Å². The van der Waals surface area contributed by atoms with Crippen molar-refractivity contribution in [3.05, 3.63) is 35.9 Å². The Morgan fingerprint density at radius 3 is 2.53 bits per heavy atom. The van der Waals surface area contributed by atoms with Crippen molar-refractivity contribution >= 4 is 11.8 Å². The second-order valence-corrected chi connectivity index (χ2v) is 4.53. The molecule has 1 rings (SSSR count). The number of carbonyl (C=O) groups is 2. The maximum Gasteiger partial charge on any atom is 0.253 e. The first-order valence-corrected chi connectivity index (χ1v) is 6.40. The number of nitrogens with one attached hydrogen (secondary N) is 3. The Balaban J connectivity index is 2.15. The average molecular weight is 263 g/mol. The number of hydrogen-bond donors (Lipinski definition) is 3. The first-order valence-electron chi connectivity index (χ1n) is 6.40. The molecule has 0 heterocycles. The van der Waals surface area contributed by atoms with E-state index in [1.54, 1.807) is 0 Å². The van der Waals surface area contributed by atoms with E-state index in [0.717, 1.165) is 12.8 Å². The summed E-state index contributed by atoms with van der Waals surface area (Å²) >= 11 is 0. The van der Waals surface area contributed by atoms with Crippen LogP contribution in [-0.2, 0) is 16.0 Å². The van der Waals surface area contributed by atoms with Crippen molar-refractivity contribution in [3.63, 3.8) is 0 Å². The summed E-state index contributed by atoms with van der Waals surface area (Å²) in [5, 5.41) is 2.44. The van der Waals surface area contributed by atoms with Crippen LogP contribution in [0.25, 0.3) is 0 Å². The predicted octanol–water partition coefficient (Wildman–Crippen LogP) is 0.765. The van der Waals surface area contributed by atoms with E-state index >= 15 is 0 Å². The van der Waals surface area contributed by atoms with Gasteiger partial charge in [0.1, 0.15) is 0 Å². The zero-order valence-corrected chi connectivity index (χ0v) is 11.4. The van der Waals surface area contributed by atoms with E-state index in [-0.39, 0.29) is 24.4 Å². The Bertz CT molecular complexity index is 406. The van der Waals surface area contributed by atoms with Crippen LogP contribution in [-0.4, -0.2) is 24.4 Å². The van der Waals surface area contributed by atoms with Crippen LogP contribution in [0.3, 0.4) is 0 Å². The molecular weight excluding hydrogens is 242 g/mol. The lowest BCUT2D eigenvalue weighted by Gasteiger charge is -2.14. The highest BCUT2D eigenvalue weighted by Crippen LogP contribution is 2.04. The number of amides is 2. The van der Waals surface area contributed by atoms with Gasteiger partial charge < -0.3 is 5.32 Å². The molecule has 0 radical (unpaired) electrons. The van der Waals surface area contributed by atoms with Gasteiger partial charge in [-0.25, -0.2) is 5.43 Å². The first-order chi connectivity index (χ1) is 9.08. The molecule has 19 heavy (non-hydrogen) atoms. The minimum Gasteiger partial charge on any atom is -0.347 e. The lowest BCUT2D eigenvalue weighted by atomic mass is 10.1. The van der Waals surface area contributed by atoms with Gasteiger partial charge >= 0.3 is 0 Å². The summed E-state index contributed by atoms with van der Waals surface area (Å²) in [6, 6.07) is 10.4. The highest BCUT2D eigenvalue weighted by atomic mass is 16.2. The molecule has 0 bridgehead atoms. The summed E-state index contributed by atoms with van der Waals surface area (Å²) in [5.74, 6) is -0.464. The van der Waals surface area contributed by atoms with Crippen LogP contribution in [0.4, 0.5) is 0 Å². The quantitative estimate of drug-likeness (QED) is 0.636. The van der Waals surface area contributed by atoms with Gasteiger partial charge in [0.15, 0.2) is 0 Å². The molecule has 1 atom stereocenters. The molecule has 1 unspecified atom stereocenters. The van der Waals surface area contributed by atoms with E-state index in [9.17, 15) is 9.59 Å². The van der Waals surface area contributed by atoms with Gasteiger partial charge in [0.2, 0.25) is 5.91 Å². The molecule has 0 saturated carbocycles. The minimum atomic E-state index is -0.248. The number of carbonyl (C=O) groups excluding carboxylic acids is 2. The van der Waals surface area contributed by atoms with Crippen LogP contribution >= 0.6 is 0 Å². The van der Waals surface area contributed by atoms with Crippen molar-refractivity contribution < 1.29 is 9.59 Å². The van der Waals surface area contributed by atoms with Crippen molar-refractivity contribution in [1.82, 2.24) is 16.2 Å². The molecule has 0 spiro atoms. The summed E-state index contributed by atoms with van der Waals surface area (Å²) in [6.45, 7) is 3.37. The predicted molar refractivity (Wildman–Crippen MR) is 74.2 cm³/mol. The molecule has 1 aromatic carbocycles. The van der Waals surface area contributed by atoms with Gasteiger partial charge in [-0.2, -0.15) is 0 Å². The van der Waals surface area contributed by atoms with Crippen LogP contribution in [0.1, 0.15) is 25.8 Å². The van der Waals surface area contributed by atoms with Crippen LogP contribution in [0.5, 0.6) is 0 Å². The molecule has 0 aliphatic heterocycles. The number of aryl methyl sites for hydroxylation is 1. The molecule has 0 aliphatic carbocycles. The molecule has 1 aromatic rings. The molecule has 5 nitrogen and oxygen atoms in total. The zero-order valence-electron chi connectivity index (χ0n) is 11.4. The maximum atomic E-state index is 11.3. The van der Waals surface area contributed by atoms with Gasteiger partial charge in [-0.15, -0.1) is 0 Å². The summed E-state index contributed by atoms with van der Waals surface area (Å²) in [7, 11) is 0. The van der Waals surface area contributed by atoms with Crippen molar-refractivity contribution in [1.29, 1.82) is 0 Å². The third-order valence-corrected chi connectivity index (χ3v) is 2.66. The average Bonchev–Trinajstić information content (AvgIpc) is 2.41. The second kappa shape index (κ2) is 8.26. The van der Waals surface area contributed by atoms with Crippen LogP contribution in [0, 0.1) is 0 Å². The monoisotopic (exact) mass is 263 g/mol. The van der Waals surface area contributed by atoms with E-state index in [1.807, 2.05) is 25.1 Å². The van der Waals surface area contributed by atoms with Gasteiger partial charge in [-0.3, -0.25) is 15.0 Å². The van der Waals surface area contributed by atoms with E-state index in [0.29, 0.717) is 0 Å². The fourth-order valence-electron chi connectivity index (χ4n) is 1.55. The van der Waals surface area contributed by atoms with Crippen molar-refractivity contribution in [2.45, 2.75) is 32.7 Å². The summed E-state index contributed by atoms with van der Waals surface area (Å²) in [4.78, 5) is 22.0. The van der Waals surface area contributed by atoms with Crippen molar-refractivity contribution in [2.24, 2.45) is 0 Å². The normalized spacial score (nSPS) is 11.7. The molecule has 0 aromatic heterocycles. The van der Waals surface area contributed by atoms with Gasteiger partial charge in [-0.1, -0.05) is 30.3 Å². The minimum absolute atomic E-state index is 0.00621. The number of hydrogen-bond acceptors (Lipinski definition) is 3. The van der Waals surface area contributed by atoms with E-state index < -0.39 is 0 Å². The lowest BCUT2D eigenvalue weighted by molar-refractivity contribution is -0.125. The molecule has 104 valence electrons. The van der Waals surface area contributed by atoms with E-state index in [1.165, 1.54) is 12.5 Å². The number of benzene rings is 1. The zero-order chi connectivity index (χ0) is 14.1. The van der Waals surface area contributed by atoms with Crippen molar-refractivity contribution in [3.8, 4) is 0 Å². The van der Waals surface area contributed by atoms with Crippen LogP contribution in [0.15, 0.2) is 30.3 Å². The smallest absolute Gasteiger partial charge is 0.253 e. The molecule has 0 saturated heterocycles. The standard InChI is InChI=1S/C14H21N3O2/c1-11(8-9-13-6-4-3-5-7-13)16-17-14(19)10-15-12(2)18/h3-7,11,16H,8-10H2,1-2H3,(H,15,18)(H,17,19). The Hall–Kier alpha value is -1.88. The molecule has 2 amide bonds. The third kappa shape index (κ3) is 7.21. The topological polar surface area (TPSA) is 70.2 Å². The fraction of sp³-hybridized carbons (Fsp3) is 0.429. The fourth-order valence-corrected chi connectivity index (χ4v) is 1.55.